The van der Waals surface area contributed by atoms with Gasteiger partial charge >= 0.3 is 0 Å². The highest BCUT2D eigenvalue weighted by molar-refractivity contribution is 14.1. The van der Waals surface area contributed by atoms with Crippen LogP contribution in [-0.2, 0) is 0 Å². The third-order valence-corrected chi connectivity index (χ3v) is 2.99. The van der Waals surface area contributed by atoms with Gasteiger partial charge in [0.1, 0.15) is 5.75 Å². The van der Waals surface area contributed by atoms with Gasteiger partial charge in [-0.15, -0.1) is 0 Å². The van der Waals surface area contributed by atoms with E-state index in [-0.39, 0.29) is 6.10 Å². The zero-order chi connectivity index (χ0) is 13.2. The molecule has 92 valence electrons. The number of hydrogen-bond acceptors (Lipinski definition) is 3. The average molecular weight is 346 g/mol. The lowest BCUT2D eigenvalue weighted by atomic mass is 10.0. The molecule has 0 atom stereocenters. The first-order chi connectivity index (χ1) is 7.82. The van der Waals surface area contributed by atoms with Crippen molar-refractivity contribution in [3.8, 4) is 5.75 Å². The van der Waals surface area contributed by atoms with Gasteiger partial charge < -0.3 is 9.84 Å². The van der Waals surface area contributed by atoms with Crippen LogP contribution < -0.4 is 4.74 Å². The molecule has 0 saturated heterocycles. The molecule has 4 heteroatoms. The number of ether oxygens (including phenoxy) is 1. The number of ketones is 1. The van der Waals surface area contributed by atoms with Crippen molar-refractivity contribution < 1.29 is 14.6 Å². The molecule has 17 heavy (non-hydrogen) atoms. The normalized spacial score (nSPS) is 10.4. The minimum atomic E-state index is -0.448. The minimum Gasteiger partial charge on any atom is -0.505 e. The Morgan fingerprint density at radius 3 is 2.53 bits per heavy atom. The fraction of sp³-hybridized carbons (Fsp3) is 0.308. The molecule has 3 nitrogen and oxygen atoms in total. The molecule has 0 spiro atoms. The van der Waals surface area contributed by atoms with Crippen molar-refractivity contribution >= 4 is 28.4 Å². The van der Waals surface area contributed by atoms with Gasteiger partial charge in [0.15, 0.2) is 5.76 Å². The van der Waals surface area contributed by atoms with Crippen LogP contribution in [0, 0.1) is 10.5 Å². The lowest BCUT2D eigenvalue weighted by Crippen LogP contribution is -2.09. The summed E-state index contributed by atoms with van der Waals surface area (Å²) in [6.07, 6.45) is 0.0808. The van der Waals surface area contributed by atoms with Gasteiger partial charge in [0.2, 0.25) is 5.78 Å². The molecule has 0 bridgehead atoms. The summed E-state index contributed by atoms with van der Waals surface area (Å²) in [5.74, 6) is -0.142. The summed E-state index contributed by atoms with van der Waals surface area (Å²) in [6.45, 7) is 8.94. The fourth-order valence-electron chi connectivity index (χ4n) is 1.40. The fourth-order valence-corrected chi connectivity index (χ4v) is 1.99. The van der Waals surface area contributed by atoms with Crippen molar-refractivity contribution in [3.05, 3.63) is 39.2 Å². The predicted molar refractivity (Wildman–Crippen MR) is 75.8 cm³/mol. The SMILES string of the molecule is C=C(O)C(=O)c1cc(I)c(OC(C)C)cc1C. The molecule has 0 saturated carbocycles. The van der Waals surface area contributed by atoms with Gasteiger partial charge in [0.25, 0.3) is 0 Å². The van der Waals surface area contributed by atoms with Crippen molar-refractivity contribution in [1.29, 1.82) is 0 Å². The van der Waals surface area contributed by atoms with Crippen molar-refractivity contribution in [2.75, 3.05) is 0 Å². The third-order valence-electron chi connectivity index (χ3n) is 2.15. The summed E-state index contributed by atoms with van der Waals surface area (Å²) in [5.41, 5.74) is 1.22. The number of allylic oxidation sites excluding steroid dienone is 1. The summed E-state index contributed by atoms with van der Waals surface area (Å²) < 4.78 is 6.46. The quantitative estimate of drug-likeness (QED) is 0.392. The zero-order valence-corrected chi connectivity index (χ0v) is 12.2. The first kappa shape index (κ1) is 14.0. The number of aliphatic hydroxyl groups excluding tert-OH is 1. The van der Waals surface area contributed by atoms with Gasteiger partial charge in [-0.05, 0) is 61.1 Å². The maximum absolute atomic E-state index is 11.7. The van der Waals surface area contributed by atoms with Crippen molar-refractivity contribution in [1.82, 2.24) is 0 Å². The van der Waals surface area contributed by atoms with E-state index in [9.17, 15) is 4.79 Å². The van der Waals surface area contributed by atoms with E-state index in [0.717, 1.165) is 14.9 Å². The topological polar surface area (TPSA) is 46.5 Å². The minimum absolute atomic E-state index is 0.0808. The largest absolute Gasteiger partial charge is 0.505 e. The molecule has 0 aliphatic rings. The van der Waals surface area contributed by atoms with E-state index in [4.69, 9.17) is 9.84 Å². The Morgan fingerprint density at radius 1 is 1.47 bits per heavy atom. The Hall–Kier alpha value is -1.04. The van der Waals surface area contributed by atoms with Crippen LogP contribution in [0.1, 0.15) is 29.8 Å². The molecule has 1 aromatic rings. The zero-order valence-electron chi connectivity index (χ0n) is 10.1. The number of Topliss-reactive ketones (excluding diaryl/α,β-unsaturated/α-hetero) is 1. The molecular formula is C13H15IO3. The molecule has 0 aliphatic carbocycles. The Labute approximate surface area is 115 Å². The molecule has 1 N–H and O–H groups in total. The molecule has 0 radical (unpaired) electrons. The van der Waals surface area contributed by atoms with E-state index >= 15 is 0 Å². The molecule has 0 heterocycles. The molecule has 0 aliphatic heterocycles. The van der Waals surface area contributed by atoms with Crippen LogP contribution in [0.4, 0.5) is 0 Å². The second-order valence-electron chi connectivity index (χ2n) is 4.04. The maximum Gasteiger partial charge on any atom is 0.226 e. The van der Waals surface area contributed by atoms with E-state index in [1.165, 1.54) is 0 Å². The van der Waals surface area contributed by atoms with Gasteiger partial charge in [-0.1, -0.05) is 6.58 Å². The first-order valence-corrected chi connectivity index (χ1v) is 6.30. The summed E-state index contributed by atoms with van der Waals surface area (Å²) in [7, 11) is 0. The lowest BCUT2D eigenvalue weighted by Gasteiger charge is -2.14. The standard InChI is InChI=1S/C13H15IO3/c1-7(2)17-12-5-8(3)10(6-11(12)14)13(16)9(4)15/h5-7,15H,4H2,1-3H3. The number of halogens is 1. The van der Waals surface area contributed by atoms with Crippen LogP contribution in [-0.4, -0.2) is 17.0 Å². The number of benzene rings is 1. The van der Waals surface area contributed by atoms with Crippen molar-refractivity contribution in [2.45, 2.75) is 26.9 Å². The van der Waals surface area contributed by atoms with E-state index in [2.05, 4.69) is 29.2 Å². The molecule has 1 rings (SSSR count). The number of aliphatic hydroxyl groups is 1. The van der Waals surface area contributed by atoms with E-state index < -0.39 is 11.5 Å². The Bertz CT molecular complexity index is 464. The third kappa shape index (κ3) is 3.46. The maximum atomic E-state index is 11.7. The van der Waals surface area contributed by atoms with Crippen LogP contribution >= 0.6 is 22.6 Å². The van der Waals surface area contributed by atoms with Crippen LogP contribution in [0.2, 0.25) is 0 Å². The van der Waals surface area contributed by atoms with E-state index in [1.807, 2.05) is 13.8 Å². The van der Waals surface area contributed by atoms with Crippen LogP contribution in [0.5, 0.6) is 5.75 Å². The van der Waals surface area contributed by atoms with Gasteiger partial charge in [-0.2, -0.15) is 0 Å². The second-order valence-corrected chi connectivity index (χ2v) is 5.20. The number of aryl methyl sites for hydroxylation is 1. The predicted octanol–water partition coefficient (Wildman–Crippen LogP) is 3.64. The van der Waals surface area contributed by atoms with Gasteiger partial charge in [0.05, 0.1) is 9.67 Å². The van der Waals surface area contributed by atoms with Gasteiger partial charge in [-0.25, -0.2) is 0 Å². The lowest BCUT2D eigenvalue weighted by molar-refractivity contribution is 0.0978. The monoisotopic (exact) mass is 346 g/mol. The Balaban J connectivity index is 3.18. The first-order valence-electron chi connectivity index (χ1n) is 5.22. The average Bonchev–Trinajstić information content (AvgIpc) is 2.21. The van der Waals surface area contributed by atoms with E-state index in [1.54, 1.807) is 19.1 Å². The van der Waals surface area contributed by atoms with Gasteiger partial charge in [-0.3, -0.25) is 4.79 Å². The highest BCUT2D eigenvalue weighted by atomic mass is 127. The highest BCUT2D eigenvalue weighted by Gasteiger charge is 2.15. The smallest absolute Gasteiger partial charge is 0.226 e. The number of rotatable bonds is 4. The number of carbonyl (C=O) groups is 1. The molecule has 0 amide bonds. The Morgan fingerprint density at radius 2 is 2.06 bits per heavy atom. The van der Waals surface area contributed by atoms with Gasteiger partial charge in [0, 0.05) is 5.56 Å². The summed E-state index contributed by atoms with van der Waals surface area (Å²) in [4.78, 5) is 11.7. The highest BCUT2D eigenvalue weighted by Crippen LogP contribution is 2.27. The van der Waals surface area contributed by atoms with E-state index in [0.29, 0.717) is 5.56 Å². The van der Waals surface area contributed by atoms with Crippen LogP contribution in [0.3, 0.4) is 0 Å². The van der Waals surface area contributed by atoms with Crippen molar-refractivity contribution in [3.63, 3.8) is 0 Å². The molecule has 0 fully saturated rings. The van der Waals surface area contributed by atoms with Crippen LogP contribution in [0.15, 0.2) is 24.5 Å². The summed E-state index contributed by atoms with van der Waals surface area (Å²) >= 11 is 2.10. The molecule has 0 aromatic heterocycles. The second kappa shape index (κ2) is 5.53. The van der Waals surface area contributed by atoms with Crippen molar-refractivity contribution in [2.24, 2.45) is 0 Å². The van der Waals surface area contributed by atoms with Crippen LogP contribution in [0.25, 0.3) is 0 Å². The Kier molecular flexibility index (Phi) is 4.56. The number of carbonyl (C=O) groups excluding carboxylic acids is 1. The molecule has 0 unspecified atom stereocenters. The molecule has 1 aromatic carbocycles. The molecular weight excluding hydrogens is 331 g/mol. The summed E-state index contributed by atoms with van der Waals surface area (Å²) in [6, 6.07) is 3.51. The summed E-state index contributed by atoms with van der Waals surface area (Å²) in [5, 5.41) is 9.13. The number of hydrogen-bond donors (Lipinski definition) is 1.